The molecule has 8 heterocycles. The molecule has 1 amide bonds. The van der Waals surface area contributed by atoms with Crippen molar-refractivity contribution in [3.63, 3.8) is 0 Å². The zero-order chi connectivity index (χ0) is 44.6. The van der Waals surface area contributed by atoms with Gasteiger partial charge in [0.15, 0.2) is 11.6 Å². The van der Waals surface area contributed by atoms with Gasteiger partial charge in [0.25, 0.3) is 5.91 Å². The van der Waals surface area contributed by atoms with E-state index in [9.17, 15) is 9.59 Å². The van der Waals surface area contributed by atoms with Gasteiger partial charge in [-0.2, -0.15) is 10.2 Å². The summed E-state index contributed by atoms with van der Waals surface area (Å²) in [5.41, 5.74) is 3.41. The number of rotatable bonds is 7. The number of benzene rings is 2. The van der Waals surface area contributed by atoms with Crippen LogP contribution in [0.25, 0.3) is 39.0 Å². The standard InChI is InChI=1S/C46H45F2N11O5/c1-24-15-29(16-25(2)38(24)47)59-40(57-13-12-56(44(57)62)35-8-7-34-30(39(35)48)21-50-54(34)6)31-23-55(11-9-32(31)52-59)41(60)36-18-28-17-33(27-10-14-63-45(4,5)20-27)49-22-37(28)58(36)46(19-26(46)3)42-51-43(61)64-53-42/h7-8,12-13,15-18,21-22,26-27H,9-11,14,19-20,23H2,1-6H3,(H,51,53,61)/t26-,27?,46-/m0/s1. The number of nitrogens with zero attached hydrogens (tertiary/aromatic N) is 10. The second-order valence-electron chi connectivity index (χ2n) is 18.3. The van der Waals surface area contributed by atoms with Crippen LogP contribution in [-0.4, -0.2) is 77.9 Å². The van der Waals surface area contributed by atoms with Gasteiger partial charge in [-0.25, -0.2) is 23.1 Å². The summed E-state index contributed by atoms with van der Waals surface area (Å²) in [5.74, 6) is -1.13. The quantitative estimate of drug-likeness (QED) is 0.194. The Morgan fingerprint density at radius 1 is 0.969 bits per heavy atom. The van der Waals surface area contributed by atoms with Crippen molar-refractivity contribution in [2.75, 3.05) is 13.2 Å². The van der Waals surface area contributed by atoms with Crippen LogP contribution in [-0.2, 0) is 30.3 Å². The first-order valence-corrected chi connectivity index (χ1v) is 21.4. The predicted molar refractivity (Wildman–Crippen MR) is 230 cm³/mol. The molecule has 1 saturated heterocycles. The lowest BCUT2D eigenvalue weighted by molar-refractivity contribution is -0.0597. The largest absolute Gasteiger partial charge is 0.438 e. The van der Waals surface area contributed by atoms with Gasteiger partial charge >= 0.3 is 11.4 Å². The van der Waals surface area contributed by atoms with Crippen molar-refractivity contribution < 1.29 is 22.8 Å². The fourth-order valence-electron chi connectivity index (χ4n) is 10.2. The molecule has 11 rings (SSSR count). The van der Waals surface area contributed by atoms with Crippen molar-refractivity contribution in [1.82, 2.24) is 53.3 Å². The number of fused-ring (bicyclic) bond motifs is 3. The van der Waals surface area contributed by atoms with Gasteiger partial charge in [-0.15, -0.1) is 0 Å². The highest BCUT2D eigenvalue weighted by atomic mass is 19.1. The number of carbonyl (C=O) groups excluding carboxylic acids is 1. The number of imidazole rings is 1. The predicted octanol–water partition coefficient (Wildman–Crippen LogP) is 6.28. The summed E-state index contributed by atoms with van der Waals surface area (Å²) in [6.45, 7) is 10.5. The van der Waals surface area contributed by atoms with Crippen molar-refractivity contribution in [3.05, 3.63) is 133 Å². The maximum Gasteiger partial charge on any atom is 0.438 e. The second kappa shape index (κ2) is 14.0. The molecule has 16 nitrogen and oxygen atoms in total. The van der Waals surface area contributed by atoms with Crippen molar-refractivity contribution in [2.24, 2.45) is 13.0 Å². The minimum atomic E-state index is -0.887. The van der Waals surface area contributed by atoms with Crippen molar-refractivity contribution in [3.8, 4) is 17.2 Å². The van der Waals surface area contributed by atoms with Gasteiger partial charge in [-0.3, -0.25) is 33.1 Å². The number of aromatic amines is 1. The van der Waals surface area contributed by atoms with Crippen LogP contribution in [0.1, 0.15) is 90.3 Å². The second-order valence-corrected chi connectivity index (χ2v) is 18.3. The lowest BCUT2D eigenvalue weighted by atomic mass is 9.86. The minimum Gasteiger partial charge on any atom is -0.376 e. The highest BCUT2D eigenvalue weighted by molar-refractivity contribution is 5.99. The van der Waals surface area contributed by atoms with Crippen LogP contribution >= 0.6 is 0 Å². The number of nitrogens with one attached hydrogen (secondary N) is 1. The van der Waals surface area contributed by atoms with Crippen LogP contribution in [0.3, 0.4) is 0 Å². The van der Waals surface area contributed by atoms with E-state index >= 15 is 13.6 Å². The average molecular weight is 870 g/mol. The van der Waals surface area contributed by atoms with Gasteiger partial charge in [-0.05, 0) is 100 Å². The molecule has 18 heteroatoms. The number of hydrogen-bond acceptors (Lipinski definition) is 9. The van der Waals surface area contributed by atoms with Crippen molar-refractivity contribution in [2.45, 2.75) is 83.9 Å². The average Bonchev–Trinajstić information content (AvgIpc) is 3.89. The number of aryl methyl sites for hydroxylation is 3. The molecule has 6 aromatic heterocycles. The van der Waals surface area contributed by atoms with Crippen molar-refractivity contribution in [1.29, 1.82) is 0 Å². The number of H-pyrrole nitrogens is 1. The summed E-state index contributed by atoms with van der Waals surface area (Å²) in [6.07, 6.45) is 8.81. The normalized spacial score (nSPS) is 20.7. The molecule has 1 aliphatic carbocycles. The van der Waals surface area contributed by atoms with Crippen LogP contribution in [0.15, 0.2) is 75.3 Å². The molecule has 328 valence electrons. The molecule has 0 bridgehead atoms. The van der Waals surface area contributed by atoms with Crippen LogP contribution in [0.4, 0.5) is 8.78 Å². The molecule has 64 heavy (non-hydrogen) atoms. The molecular formula is C46H45F2N11O5. The Kier molecular flexibility index (Phi) is 8.74. The van der Waals surface area contributed by atoms with Crippen molar-refractivity contribution >= 4 is 27.7 Å². The van der Waals surface area contributed by atoms with Gasteiger partial charge in [-0.1, -0.05) is 12.1 Å². The number of amides is 1. The first-order chi connectivity index (χ1) is 30.6. The third-order valence-corrected chi connectivity index (χ3v) is 13.6. The summed E-state index contributed by atoms with van der Waals surface area (Å²) < 4.78 is 49.9. The van der Waals surface area contributed by atoms with Gasteiger partial charge in [0.1, 0.15) is 22.9 Å². The monoisotopic (exact) mass is 869 g/mol. The van der Waals surface area contributed by atoms with Gasteiger partial charge in [0, 0.05) is 61.6 Å². The molecule has 1 N–H and O–H groups in total. The van der Waals surface area contributed by atoms with E-state index < -0.39 is 22.8 Å². The molecule has 3 aliphatic rings. The number of hydrogen-bond donors (Lipinski definition) is 1. The van der Waals surface area contributed by atoms with E-state index in [-0.39, 0.29) is 46.8 Å². The summed E-state index contributed by atoms with van der Waals surface area (Å²) in [5, 5.41) is 14.4. The maximum atomic E-state index is 16.1. The summed E-state index contributed by atoms with van der Waals surface area (Å²) >= 11 is 0. The fourth-order valence-corrected chi connectivity index (χ4v) is 10.2. The summed E-state index contributed by atoms with van der Waals surface area (Å²) in [7, 11) is 1.71. The molecule has 2 aliphatic heterocycles. The fraction of sp³-hybridized carbons (Fsp3) is 0.370. The van der Waals surface area contributed by atoms with Crippen LogP contribution < -0.4 is 11.4 Å². The van der Waals surface area contributed by atoms with E-state index in [4.69, 9.17) is 19.3 Å². The highest BCUT2D eigenvalue weighted by Crippen LogP contribution is 2.56. The summed E-state index contributed by atoms with van der Waals surface area (Å²) in [4.78, 5) is 51.7. The number of ether oxygens (including phenoxy) is 1. The van der Waals surface area contributed by atoms with E-state index in [1.807, 2.05) is 23.8 Å². The van der Waals surface area contributed by atoms with Gasteiger partial charge in [0.05, 0.1) is 58.0 Å². The molecule has 8 aromatic rings. The molecule has 1 unspecified atom stereocenters. The Morgan fingerprint density at radius 3 is 2.45 bits per heavy atom. The third kappa shape index (κ3) is 5.98. The van der Waals surface area contributed by atoms with E-state index in [1.54, 1.807) is 59.6 Å². The molecule has 2 aromatic carbocycles. The SMILES string of the molecule is Cc1cc(-n2nc3c(c2-n2ccn(-c4ccc5c(cnn5C)c4F)c2=O)CN(C(=O)c2cc4cc(C5CCOC(C)(C)C5)ncc4n2[C@@]2(c4noc(=O)[nH]4)C[C@@H]2C)CC3)cc(C)c1F. The van der Waals surface area contributed by atoms with Crippen LogP contribution in [0, 0.1) is 31.4 Å². The molecular weight excluding hydrogens is 825 g/mol. The van der Waals surface area contributed by atoms with Gasteiger partial charge in [0.2, 0.25) is 0 Å². The molecule has 2 fully saturated rings. The number of halogens is 2. The van der Waals surface area contributed by atoms with Crippen LogP contribution in [0.2, 0.25) is 0 Å². The van der Waals surface area contributed by atoms with E-state index in [0.717, 1.165) is 23.9 Å². The first-order valence-electron chi connectivity index (χ1n) is 21.4. The Bertz CT molecular complexity index is 3340. The van der Waals surface area contributed by atoms with E-state index in [1.165, 1.54) is 27.6 Å². The summed E-state index contributed by atoms with van der Waals surface area (Å²) in [6, 6.07) is 10.5. The smallest absolute Gasteiger partial charge is 0.376 e. The Morgan fingerprint density at radius 2 is 1.73 bits per heavy atom. The lowest BCUT2D eigenvalue weighted by Gasteiger charge is -2.35. The number of pyridine rings is 1. The van der Waals surface area contributed by atoms with Gasteiger partial charge < -0.3 is 14.2 Å². The zero-order valence-electron chi connectivity index (χ0n) is 36.1. The topological polar surface area (TPSA) is 169 Å². The Labute approximate surface area is 363 Å². The first kappa shape index (κ1) is 39.9. The Balaban J connectivity index is 1.04. The zero-order valence-corrected chi connectivity index (χ0v) is 36.1. The van der Waals surface area contributed by atoms with E-state index in [0.29, 0.717) is 82.4 Å². The molecule has 0 spiro atoms. The Hall–Kier alpha value is -6.95. The lowest BCUT2D eigenvalue weighted by Crippen LogP contribution is -2.39. The maximum absolute atomic E-state index is 16.1. The highest BCUT2D eigenvalue weighted by Gasteiger charge is 2.59. The number of carbonyl (C=O) groups is 1. The van der Waals surface area contributed by atoms with E-state index in [2.05, 4.69) is 35.2 Å². The van der Waals surface area contributed by atoms with Crippen LogP contribution in [0.5, 0.6) is 0 Å². The minimum absolute atomic E-state index is 0.0219. The number of aromatic nitrogens is 10. The molecule has 1 saturated carbocycles. The molecule has 3 atom stereocenters. The molecule has 0 radical (unpaired) electrons. The third-order valence-electron chi connectivity index (χ3n) is 13.6.